The normalized spacial score (nSPS) is 16.9. The molecule has 140 valence electrons. The lowest BCUT2D eigenvalue weighted by Gasteiger charge is -2.36. The van der Waals surface area contributed by atoms with Gasteiger partial charge >= 0.3 is 6.18 Å². The third kappa shape index (κ3) is 6.26. The largest absolute Gasteiger partial charge is 0.416 e. The van der Waals surface area contributed by atoms with Gasteiger partial charge in [0.05, 0.1) is 5.56 Å². The van der Waals surface area contributed by atoms with Crippen molar-refractivity contribution in [3.05, 3.63) is 34.3 Å². The summed E-state index contributed by atoms with van der Waals surface area (Å²) in [5.41, 5.74) is -0.244. The fourth-order valence-electron chi connectivity index (χ4n) is 2.99. The molecule has 0 amide bonds. The van der Waals surface area contributed by atoms with Crippen LogP contribution in [0.15, 0.2) is 18.2 Å². The predicted molar refractivity (Wildman–Crippen MR) is 97.7 cm³/mol. The van der Waals surface area contributed by atoms with Crippen molar-refractivity contribution in [2.75, 3.05) is 26.2 Å². The van der Waals surface area contributed by atoms with Crippen molar-refractivity contribution in [3.63, 3.8) is 0 Å². The highest BCUT2D eigenvalue weighted by atomic mass is 35.5. The molecule has 0 saturated carbocycles. The van der Waals surface area contributed by atoms with Gasteiger partial charge in [-0.05, 0) is 24.1 Å². The number of unbranched alkanes of at least 4 members (excludes halogenated alkanes) is 1. The van der Waals surface area contributed by atoms with Crippen molar-refractivity contribution in [1.29, 1.82) is 0 Å². The lowest BCUT2D eigenvalue weighted by Crippen LogP contribution is -2.45. The molecule has 0 spiro atoms. The van der Waals surface area contributed by atoms with Crippen LogP contribution >= 0.6 is 36.4 Å². The molecule has 1 saturated heterocycles. The Morgan fingerprint density at radius 2 is 1.83 bits per heavy atom. The molecular weight excluding hydrogens is 384 g/mol. The first-order valence-corrected chi connectivity index (χ1v) is 8.12. The molecule has 1 heterocycles. The number of nitrogens with zero attached hydrogens (tertiary/aromatic N) is 1. The van der Waals surface area contributed by atoms with Gasteiger partial charge in [0.15, 0.2) is 0 Å². The molecule has 2 rings (SSSR count). The van der Waals surface area contributed by atoms with Crippen LogP contribution in [0.1, 0.15) is 43.4 Å². The standard InChI is InChI=1S/C16H22ClF3N2.2ClH/c1-2-3-4-15(22-9-7-21-8-10-22)13-6-5-12(17)11-14(13)16(18,19)20;;/h5-6,11,15,21H,2-4,7-10H2,1H3;2*1H/t15-;;/m1../s1. The first kappa shape index (κ1) is 23.8. The maximum absolute atomic E-state index is 13.4. The Kier molecular flexibility index (Phi) is 10.6. The molecule has 8 heteroatoms. The van der Waals surface area contributed by atoms with Crippen LogP contribution in [0.5, 0.6) is 0 Å². The van der Waals surface area contributed by atoms with Crippen LogP contribution in [0.2, 0.25) is 5.02 Å². The highest BCUT2D eigenvalue weighted by Crippen LogP contribution is 2.39. The summed E-state index contributed by atoms with van der Waals surface area (Å²) in [4.78, 5) is 2.16. The van der Waals surface area contributed by atoms with Gasteiger partial charge in [-0.1, -0.05) is 37.4 Å². The van der Waals surface area contributed by atoms with E-state index in [2.05, 4.69) is 17.1 Å². The van der Waals surface area contributed by atoms with Crippen molar-refractivity contribution in [2.24, 2.45) is 0 Å². The van der Waals surface area contributed by atoms with E-state index in [1.165, 1.54) is 0 Å². The number of hydrogen-bond donors (Lipinski definition) is 1. The maximum atomic E-state index is 13.4. The number of piperazine rings is 1. The van der Waals surface area contributed by atoms with E-state index in [0.29, 0.717) is 5.56 Å². The van der Waals surface area contributed by atoms with Gasteiger partial charge in [-0.3, -0.25) is 4.90 Å². The topological polar surface area (TPSA) is 15.3 Å². The van der Waals surface area contributed by atoms with E-state index in [1.54, 1.807) is 12.1 Å². The summed E-state index contributed by atoms with van der Waals surface area (Å²) in [5, 5.41) is 3.38. The van der Waals surface area contributed by atoms with Crippen molar-refractivity contribution < 1.29 is 13.2 Å². The van der Waals surface area contributed by atoms with E-state index >= 15 is 0 Å². The summed E-state index contributed by atoms with van der Waals surface area (Å²) >= 11 is 5.79. The van der Waals surface area contributed by atoms with E-state index in [9.17, 15) is 13.2 Å². The lowest BCUT2D eigenvalue weighted by atomic mass is 9.94. The Labute approximate surface area is 158 Å². The maximum Gasteiger partial charge on any atom is 0.416 e. The van der Waals surface area contributed by atoms with Gasteiger partial charge in [0, 0.05) is 37.2 Å². The van der Waals surface area contributed by atoms with Crippen LogP contribution in [0.4, 0.5) is 13.2 Å². The molecule has 0 bridgehead atoms. The number of halogens is 6. The zero-order valence-electron chi connectivity index (χ0n) is 13.5. The smallest absolute Gasteiger partial charge is 0.314 e. The Morgan fingerprint density at radius 1 is 1.21 bits per heavy atom. The van der Waals surface area contributed by atoms with Gasteiger partial charge in [-0.15, -0.1) is 24.8 Å². The number of rotatable bonds is 5. The molecule has 1 aromatic rings. The molecule has 0 aromatic heterocycles. The van der Waals surface area contributed by atoms with E-state index < -0.39 is 11.7 Å². The molecule has 1 aliphatic heterocycles. The third-order valence-corrected chi connectivity index (χ3v) is 4.34. The average molecular weight is 408 g/mol. The molecule has 0 aliphatic carbocycles. The summed E-state index contributed by atoms with van der Waals surface area (Å²) in [6.45, 7) is 5.24. The van der Waals surface area contributed by atoms with E-state index in [1.807, 2.05) is 0 Å². The minimum atomic E-state index is -4.38. The summed E-state index contributed by atoms with van der Waals surface area (Å²) in [6, 6.07) is 3.97. The van der Waals surface area contributed by atoms with Gasteiger partial charge in [0.2, 0.25) is 0 Å². The minimum absolute atomic E-state index is 0. The minimum Gasteiger partial charge on any atom is -0.314 e. The molecule has 24 heavy (non-hydrogen) atoms. The van der Waals surface area contributed by atoms with Crippen LogP contribution in [-0.4, -0.2) is 31.1 Å². The van der Waals surface area contributed by atoms with Crippen molar-refractivity contribution in [3.8, 4) is 0 Å². The number of benzene rings is 1. The zero-order valence-corrected chi connectivity index (χ0v) is 15.9. The first-order valence-electron chi connectivity index (χ1n) is 7.75. The highest BCUT2D eigenvalue weighted by molar-refractivity contribution is 6.30. The van der Waals surface area contributed by atoms with Crippen LogP contribution in [0.3, 0.4) is 0 Å². The average Bonchev–Trinajstić information content (AvgIpc) is 2.49. The molecule has 0 radical (unpaired) electrons. The monoisotopic (exact) mass is 406 g/mol. The van der Waals surface area contributed by atoms with Crippen LogP contribution < -0.4 is 5.32 Å². The SMILES string of the molecule is CCCC[C@H](c1ccc(Cl)cc1C(F)(F)F)N1CCNCC1.Cl.Cl. The Balaban J connectivity index is 0.00000264. The molecule has 1 aliphatic rings. The molecule has 1 atom stereocenters. The number of hydrogen-bond acceptors (Lipinski definition) is 2. The summed E-state index contributed by atoms with van der Waals surface area (Å²) in [6.07, 6.45) is -1.76. The summed E-state index contributed by atoms with van der Waals surface area (Å²) < 4.78 is 40.2. The van der Waals surface area contributed by atoms with E-state index in [4.69, 9.17) is 11.6 Å². The second-order valence-electron chi connectivity index (χ2n) is 5.67. The van der Waals surface area contributed by atoms with Gasteiger partial charge in [0.1, 0.15) is 0 Å². The van der Waals surface area contributed by atoms with Crippen molar-refractivity contribution in [1.82, 2.24) is 10.2 Å². The molecule has 1 fully saturated rings. The molecule has 0 unspecified atom stereocenters. The van der Waals surface area contributed by atoms with Crippen LogP contribution in [0.25, 0.3) is 0 Å². The molecule has 2 nitrogen and oxygen atoms in total. The summed E-state index contributed by atoms with van der Waals surface area (Å²) in [7, 11) is 0. The van der Waals surface area contributed by atoms with Gasteiger partial charge in [-0.25, -0.2) is 0 Å². The Hall–Kier alpha value is -0.200. The quantitative estimate of drug-likeness (QED) is 0.709. The first-order chi connectivity index (χ1) is 10.4. The van der Waals surface area contributed by atoms with Gasteiger partial charge in [-0.2, -0.15) is 13.2 Å². The second-order valence-corrected chi connectivity index (χ2v) is 6.11. The fourth-order valence-corrected chi connectivity index (χ4v) is 3.16. The van der Waals surface area contributed by atoms with Crippen LogP contribution in [0, 0.1) is 0 Å². The van der Waals surface area contributed by atoms with Crippen molar-refractivity contribution in [2.45, 2.75) is 38.4 Å². The van der Waals surface area contributed by atoms with Crippen LogP contribution in [-0.2, 0) is 6.18 Å². The van der Waals surface area contributed by atoms with Crippen molar-refractivity contribution >= 4 is 36.4 Å². The zero-order chi connectivity index (χ0) is 16.2. The molecular formula is C16H24Cl3F3N2. The Bertz CT molecular complexity index is 492. The fraction of sp³-hybridized carbons (Fsp3) is 0.625. The van der Waals surface area contributed by atoms with Gasteiger partial charge in [0.25, 0.3) is 0 Å². The number of nitrogens with one attached hydrogen (secondary N) is 1. The van der Waals surface area contributed by atoms with E-state index in [-0.39, 0.29) is 35.9 Å². The molecule has 1 N–H and O–H groups in total. The third-order valence-electron chi connectivity index (χ3n) is 4.10. The second kappa shape index (κ2) is 10.7. The molecule has 1 aromatic carbocycles. The summed E-state index contributed by atoms with van der Waals surface area (Å²) in [5.74, 6) is 0. The highest BCUT2D eigenvalue weighted by Gasteiger charge is 2.36. The van der Waals surface area contributed by atoms with Gasteiger partial charge < -0.3 is 5.32 Å². The predicted octanol–water partition coefficient (Wildman–Crippen LogP) is 5.34. The number of alkyl halides is 3. The lowest BCUT2D eigenvalue weighted by molar-refractivity contribution is -0.138. The Morgan fingerprint density at radius 3 is 2.38 bits per heavy atom. The van der Waals surface area contributed by atoms with E-state index in [0.717, 1.165) is 51.5 Å².